The van der Waals surface area contributed by atoms with Crippen molar-refractivity contribution in [3.8, 4) is 0 Å². The van der Waals surface area contributed by atoms with Crippen molar-refractivity contribution >= 4 is 23.0 Å². The number of aromatic nitrogens is 2. The van der Waals surface area contributed by atoms with E-state index in [-0.39, 0.29) is 6.04 Å². The monoisotopic (exact) mass is 263 g/mol. The summed E-state index contributed by atoms with van der Waals surface area (Å²) in [6.45, 7) is 4.36. The fourth-order valence-electron chi connectivity index (χ4n) is 1.71. The number of hydrogen-bond donors (Lipinski definition) is 3. The van der Waals surface area contributed by atoms with Crippen LogP contribution >= 0.6 is 11.3 Å². The van der Waals surface area contributed by atoms with Gasteiger partial charge in [0.2, 0.25) is 0 Å². The molecular weight excluding hydrogens is 246 g/mol. The molecule has 0 spiro atoms. The van der Waals surface area contributed by atoms with Crippen LogP contribution in [0.25, 0.3) is 0 Å². The van der Waals surface area contributed by atoms with Crippen LogP contribution in [0.2, 0.25) is 0 Å². The second kappa shape index (κ2) is 5.79. The molecular formula is C12H17N5S. The van der Waals surface area contributed by atoms with Crippen LogP contribution < -0.4 is 16.6 Å². The molecule has 96 valence electrons. The molecule has 0 aromatic carbocycles. The van der Waals surface area contributed by atoms with Crippen LogP contribution in [-0.4, -0.2) is 9.97 Å². The lowest BCUT2D eigenvalue weighted by Crippen LogP contribution is -2.17. The van der Waals surface area contributed by atoms with Gasteiger partial charge in [0.05, 0.1) is 6.04 Å². The van der Waals surface area contributed by atoms with Gasteiger partial charge in [0, 0.05) is 10.9 Å². The number of nitrogens with two attached hydrogens (primary N) is 1. The number of hydrogen-bond acceptors (Lipinski definition) is 6. The normalized spacial score (nSPS) is 12.4. The Morgan fingerprint density at radius 2 is 2.06 bits per heavy atom. The van der Waals surface area contributed by atoms with E-state index in [1.165, 1.54) is 11.2 Å². The third kappa shape index (κ3) is 2.96. The molecule has 2 rings (SSSR count). The molecule has 0 amide bonds. The Labute approximate surface area is 110 Å². The SMILES string of the molecule is CC(C)C(Nc1cc(NN)ncn1)c1cccs1. The standard InChI is InChI=1S/C12H17N5S/c1-8(2)12(9-4-3-5-18-9)16-10-6-11(17-13)15-7-14-10/h3-8,12H,13H2,1-2H3,(H2,14,15,16,17). The van der Waals surface area contributed by atoms with Gasteiger partial charge in [-0.1, -0.05) is 19.9 Å². The zero-order valence-electron chi connectivity index (χ0n) is 10.4. The Morgan fingerprint density at radius 3 is 2.67 bits per heavy atom. The van der Waals surface area contributed by atoms with Crippen LogP contribution in [0.5, 0.6) is 0 Å². The molecule has 2 aromatic rings. The summed E-state index contributed by atoms with van der Waals surface area (Å²) in [5.74, 6) is 7.17. The predicted molar refractivity (Wildman–Crippen MR) is 75.4 cm³/mol. The number of nitrogens with zero attached hydrogens (tertiary/aromatic N) is 2. The molecule has 0 aliphatic carbocycles. The molecule has 6 heteroatoms. The highest BCUT2D eigenvalue weighted by molar-refractivity contribution is 7.10. The van der Waals surface area contributed by atoms with Gasteiger partial charge in [-0.05, 0) is 17.4 Å². The third-order valence-corrected chi connectivity index (χ3v) is 3.59. The van der Waals surface area contributed by atoms with E-state index in [0.29, 0.717) is 11.7 Å². The van der Waals surface area contributed by atoms with Gasteiger partial charge in [0.15, 0.2) is 0 Å². The fraction of sp³-hybridized carbons (Fsp3) is 0.333. The minimum atomic E-state index is 0.241. The van der Waals surface area contributed by atoms with Gasteiger partial charge in [0.1, 0.15) is 18.0 Å². The summed E-state index contributed by atoms with van der Waals surface area (Å²) in [5.41, 5.74) is 2.52. The van der Waals surface area contributed by atoms with Gasteiger partial charge in [-0.2, -0.15) is 0 Å². The van der Waals surface area contributed by atoms with Gasteiger partial charge in [-0.15, -0.1) is 11.3 Å². The fourth-order valence-corrected chi connectivity index (χ4v) is 2.66. The molecule has 0 aliphatic heterocycles. The first-order chi connectivity index (χ1) is 8.70. The minimum Gasteiger partial charge on any atom is -0.362 e. The Hall–Kier alpha value is -1.66. The number of hydrazine groups is 1. The molecule has 2 heterocycles. The molecule has 0 saturated carbocycles. The lowest BCUT2D eigenvalue weighted by Gasteiger charge is -2.21. The van der Waals surface area contributed by atoms with E-state index in [2.05, 4.69) is 52.1 Å². The van der Waals surface area contributed by atoms with Crippen molar-refractivity contribution in [3.05, 3.63) is 34.8 Å². The van der Waals surface area contributed by atoms with Crippen LogP contribution in [0.4, 0.5) is 11.6 Å². The number of anilines is 2. The summed E-state index contributed by atoms with van der Waals surface area (Å²) < 4.78 is 0. The Balaban J connectivity index is 2.18. The molecule has 0 fully saturated rings. The number of thiophene rings is 1. The molecule has 0 aliphatic rings. The summed E-state index contributed by atoms with van der Waals surface area (Å²) >= 11 is 1.74. The second-order valence-corrected chi connectivity index (χ2v) is 5.29. The largest absolute Gasteiger partial charge is 0.362 e. The molecule has 0 radical (unpaired) electrons. The van der Waals surface area contributed by atoms with Crippen molar-refractivity contribution < 1.29 is 0 Å². The van der Waals surface area contributed by atoms with Gasteiger partial charge in [-0.3, -0.25) is 0 Å². The van der Waals surface area contributed by atoms with Crippen molar-refractivity contribution in [2.75, 3.05) is 10.7 Å². The van der Waals surface area contributed by atoms with Crippen molar-refractivity contribution in [3.63, 3.8) is 0 Å². The topological polar surface area (TPSA) is 75.9 Å². The zero-order chi connectivity index (χ0) is 13.0. The van der Waals surface area contributed by atoms with Gasteiger partial charge in [-0.25, -0.2) is 15.8 Å². The Kier molecular flexibility index (Phi) is 4.11. The van der Waals surface area contributed by atoms with E-state index >= 15 is 0 Å². The van der Waals surface area contributed by atoms with E-state index in [0.717, 1.165) is 5.82 Å². The molecule has 18 heavy (non-hydrogen) atoms. The minimum absolute atomic E-state index is 0.241. The molecule has 4 N–H and O–H groups in total. The zero-order valence-corrected chi connectivity index (χ0v) is 11.2. The Morgan fingerprint density at radius 1 is 1.28 bits per heavy atom. The van der Waals surface area contributed by atoms with Gasteiger partial charge < -0.3 is 10.7 Å². The van der Waals surface area contributed by atoms with Crippen LogP contribution in [0.1, 0.15) is 24.8 Å². The lowest BCUT2D eigenvalue weighted by atomic mass is 10.0. The first kappa shape index (κ1) is 12.8. The van der Waals surface area contributed by atoms with Gasteiger partial charge in [0.25, 0.3) is 0 Å². The summed E-state index contributed by atoms with van der Waals surface area (Å²) in [6.07, 6.45) is 1.49. The highest BCUT2D eigenvalue weighted by atomic mass is 32.1. The lowest BCUT2D eigenvalue weighted by molar-refractivity contribution is 0.552. The maximum absolute atomic E-state index is 5.34. The van der Waals surface area contributed by atoms with E-state index in [9.17, 15) is 0 Å². The average molecular weight is 263 g/mol. The van der Waals surface area contributed by atoms with E-state index in [4.69, 9.17) is 5.84 Å². The summed E-state index contributed by atoms with van der Waals surface area (Å²) in [6, 6.07) is 6.23. The van der Waals surface area contributed by atoms with Crippen molar-refractivity contribution in [1.29, 1.82) is 0 Å². The third-order valence-electron chi connectivity index (χ3n) is 2.63. The first-order valence-corrected chi connectivity index (χ1v) is 6.67. The van der Waals surface area contributed by atoms with E-state index in [1.54, 1.807) is 17.4 Å². The number of nitrogen functional groups attached to an aromatic ring is 1. The van der Waals surface area contributed by atoms with Crippen LogP contribution in [-0.2, 0) is 0 Å². The second-order valence-electron chi connectivity index (χ2n) is 4.31. The smallest absolute Gasteiger partial charge is 0.145 e. The number of nitrogens with one attached hydrogen (secondary N) is 2. The highest BCUT2D eigenvalue weighted by Crippen LogP contribution is 2.29. The average Bonchev–Trinajstić information content (AvgIpc) is 2.89. The predicted octanol–water partition coefficient (Wildman–Crippen LogP) is 2.63. The summed E-state index contributed by atoms with van der Waals surface area (Å²) in [5, 5.41) is 5.50. The molecule has 5 nitrogen and oxygen atoms in total. The quantitative estimate of drug-likeness (QED) is 0.571. The summed E-state index contributed by atoms with van der Waals surface area (Å²) in [4.78, 5) is 9.49. The van der Waals surface area contributed by atoms with Crippen molar-refractivity contribution in [2.24, 2.45) is 11.8 Å². The van der Waals surface area contributed by atoms with Gasteiger partial charge >= 0.3 is 0 Å². The molecule has 0 bridgehead atoms. The molecule has 2 aromatic heterocycles. The first-order valence-electron chi connectivity index (χ1n) is 5.79. The van der Waals surface area contributed by atoms with Crippen LogP contribution in [0, 0.1) is 5.92 Å². The van der Waals surface area contributed by atoms with Crippen molar-refractivity contribution in [2.45, 2.75) is 19.9 Å². The number of rotatable bonds is 5. The van der Waals surface area contributed by atoms with Crippen LogP contribution in [0.15, 0.2) is 29.9 Å². The van der Waals surface area contributed by atoms with E-state index < -0.39 is 0 Å². The maximum atomic E-state index is 5.34. The summed E-state index contributed by atoms with van der Waals surface area (Å²) in [7, 11) is 0. The van der Waals surface area contributed by atoms with Crippen LogP contribution in [0.3, 0.4) is 0 Å². The maximum Gasteiger partial charge on any atom is 0.145 e. The molecule has 1 unspecified atom stereocenters. The van der Waals surface area contributed by atoms with E-state index in [1.807, 2.05) is 0 Å². The highest BCUT2D eigenvalue weighted by Gasteiger charge is 2.17. The molecule has 0 saturated heterocycles. The molecule has 1 atom stereocenters. The Bertz CT molecular complexity index is 483. The van der Waals surface area contributed by atoms with Crippen molar-refractivity contribution in [1.82, 2.24) is 9.97 Å².